The SMILES string of the molecule is C=C(c1ccc(C)cc1)c1ccc(/C=C/COC)cc1. The molecule has 0 aliphatic carbocycles. The van der Waals surface area contributed by atoms with E-state index in [2.05, 4.69) is 68.1 Å². The molecule has 0 aliphatic heterocycles. The maximum atomic E-state index is 4.99. The highest BCUT2D eigenvalue weighted by Crippen LogP contribution is 2.22. The highest BCUT2D eigenvalue weighted by atomic mass is 16.5. The van der Waals surface area contributed by atoms with Crippen LogP contribution in [0.25, 0.3) is 11.6 Å². The molecule has 2 aromatic rings. The van der Waals surface area contributed by atoms with Gasteiger partial charge in [-0.3, -0.25) is 0 Å². The minimum Gasteiger partial charge on any atom is -0.381 e. The van der Waals surface area contributed by atoms with E-state index in [0.717, 1.165) is 11.1 Å². The molecular weight excluding hydrogens is 244 g/mol. The van der Waals surface area contributed by atoms with E-state index in [1.54, 1.807) is 7.11 Å². The maximum absolute atomic E-state index is 4.99. The largest absolute Gasteiger partial charge is 0.381 e. The molecule has 1 heteroatoms. The van der Waals surface area contributed by atoms with Crippen molar-refractivity contribution in [1.82, 2.24) is 0 Å². The number of rotatable bonds is 5. The fourth-order valence-corrected chi connectivity index (χ4v) is 2.00. The van der Waals surface area contributed by atoms with Crippen molar-refractivity contribution in [3.8, 4) is 0 Å². The fourth-order valence-electron chi connectivity index (χ4n) is 2.00. The highest BCUT2D eigenvalue weighted by molar-refractivity contribution is 5.78. The van der Waals surface area contributed by atoms with Crippen molar-refractivity contribution in [1.29, 1.82) is 0 Å². The van der Waals surface area contributed by atoms with E-state index in [4.69, 9.17) is 4.74 Å². The smallest absolute Gasteiger partial charge is 0.0646 e. The first-order valence-electron chi connectivity index (χ1n) is 6.72. The maximum Gasteiger partial charge on any atom is 0.0646 e. The van der Waals surface area contributed by atoms with Gasteiger partial charge in [0.05, 0.1) is 6.61 Å². The number of ether oxygens (including phenoxy) is 1. The molecule has 0 saturated heterocycles. The van der Waals surface area contributed by atoms with Gasteiger partial charge in [-0.05, 0) is 29.2 Å². The van der Waals surface area contributed by atoms with Crippen LogP contribution in [0.3, 0.4) is 0 Å². The molecular formula is C19H20O. The molecule has 0 N–H and O–H groups in total. The van der Waals surface area contributed by atoms with Gasteiger partial charge in [-0.15, -0.1) is 0 Å². The first-order chi connectivity index (χ1) is 9.70. The Hall–Kier alpha value is -2.12. The Morgan fingerprint density at radius 3 is 2.10 bits per heavy atom. The molecule has 20 heavy (non-hydrogen) atoms. The third kappa shape index (κ3) is 3.69. The van der Waals surface area contributed by atoms with Gasteiger partial charge < -0.3 is 4.74 Å². The average molecular weight is 264 g/mol. The van der Waals surface area contributed by atoms with Gasteiger partial charge in [0.15, 0.2) is 0 Å². The van der Waals surface area contributed by atoms with Crippen molar-refractivity contribution < 1.29 is 4.74 Å². The van der Waals surface area contributed by atoms with E-state index in [1.807, 2.05) is 6.08 Å². The molecule has 1 nitrogen and oxygen atoms in total. The van der Waals surface area contributed by atoms with Crippen molar-refractivity contribution in [3.63, 3.8) is 0 Å². The van der Waals surface area contributed by atoms with Gasteiger partial charge in [0, 0.05) is 7.11 Å². The van der Waals surface area contributed by atoms with Gasteiger partial charge in [-0.1, -0.05) is 72.8 Å². The zero-order valence-electron chi connectivity index (χ0n) is 12.1. The predicted molar refractivity (Wildman–Crippen MR) is 86.7 cm³/mol. The second-order valence-corrected chi connectivity index (χ2v) is 4.82. The average Bonchev–Trinajstić information content (AvgIpc) is 2.48. The fraction of sp³-hybridized carbons (Fsp3) is 0.158. The van der Waals surface area contributed by atoms with Gasteiger partial charge in [0.1, 0.15) is 0 Å². The van der Waals surface area contributed by atoms with Crippen molar-refractivity contribution in [2.75, 3.05) is 13.7 Å². The van der Waals surface area contributed by atoms with Crippen molar-refractivity contribution >= 4 is 11.6 Å². The van der Waals surface area contributed by atoms with Gasteiger partial charge in [0.25, 0.3) is 0 Å². The summed E-state index contributed by atoms with van der Waals surface area (Å²) in [5.74, 6) is 0. The molecule has 0 heterocycles. The summed E-state index contributed by atoms with van der Waals surface area (Å²) in [4.78, 5) is 0. The van der Waals surface area contributed by atoms with Crippen molar-refractivity contribution in [3.05, 3.63) is 83.4 Å². The quantitative estimate of drug-likeness (QED) is 0.759. The molecule has 0 spiro atoms. The molecule has 0 bridgehead atoms. The Morgan fingerprint density at radius 1 is 1.00 bits per heavy atom. The van der Waals surface area contributed by atoms with Gasteiger partial charge in [-0.25, -0.2) is 0 Å². The van der Waals surface area contributed by atoms with Gasteiger partial charge in [0.2, 0.25) is 0 Å². The third-order valence-electron chi connectivity index (χ3n) is 3.23. The Kier molecular flexibility index (Phi) is 4.91. The molecule has 0 aromatic heterocycles. The second kappa shape index (κ2) is 6.88. The van der Waals surface area contributed by atoms with Crippen LogP contribution in [0.1, 0.15) is 22.3 Å². The zero-order chi connectivity index (χ0) is 14.4. The highest BCUT2D eigenvalue weighted by Gasteiger charge is 2.01. The lowest BCUT2D eigenvalue weighted by atomic mass is 9.98. The van der Waals surface area contributed by atoms with Gasteiger partial charge in [-0.2, -0.15) is 0 Å². The monoisotopic (exact) mass is 264 g/mol. The number of hydrogen-bond donors (Lipinski definition) is 0. The molecule has 2 aromatic carbocycles. The molecule has 0 amide bonds. The normalized spacial score (nSPS) is 10.9. The summed E-state index contributed by atoms with van der Waals surface area (Å²) in [6, 6.07) is 16.9. The van der Waals surface area contributed by atoms with Crippen LogP contribution in [0.2, 0.25) is 0 Å². The number of benzene rings is 2. The van der Waals surface area contributed by atoms with Crippen LogP contribution in [-0.2, 0) is 4.74 Å². The lowest BCUT2D eigenvalue weighted by Gasteiger charge is -2.07. The molecule has 0 radical (unpaired) electrons. The van der Waals surface area contributed by atoms with Crippen molar-refractivity contribution in [2.24, 2.45) is 0 Å². The topological polar surface area (TPSA) is 9.23 Å². The van der Waals surface area contributed by atoms with E-state index < -0.39 is 0 Å². The Morgan fingerprint density at radius 2 is 1.55 bits per heavy atom. The Balaban J connectivity index is 2.13. The molecule has 0 saturated carbocycles. The van der Waals surface area contributed by atoms with Gasteiger partial charge >= 0.3 is 0 Å². The molecule has 102 valence electrons. The molecule has 0 fully saturated rings. The number of hydrogen-bond acceptors (Lipinski definition) is 1. The lowest BCUT2D eigenvalue weighted by Crippen LogP contribution is -1.87. The Labute approximate surface area is 121 Å². The predicted octanol–water partition coefficient (Wildman–Crippen LogP) is 4.72. The van der Waals surface area contributed by atoms with E-state index >= 15 is 0 Å². The van der Waals surface area contributed by atoms with E-state index in [9.17, 15) is 0 Å². The first kappa shape index (κ1) is 14.3. The molecule has 2 rings (SSSR count). The Bertz CT molecular complexity index is 589. The first-order valence-corrected chi connectivity index (χ1v) is 6.72. The zero-order valence-corrected chi connectivity index (χ0v) is 12.1. The van der Waals surface area contributed by atoms with Crippen LogP contribution in [0, 0.1) is 6.92 Å². The summed E-state index contributed by atoms with van der Waals surface area (Å²) in [6.07, 6.45) is 4.06. The van der Waals surface area contributed by atoms with Crippen LogP contribution in [0.5, 0.6) is 0 Å². The summed E-state index contributed by atoms with van der Waals surface area (Å²) in [6.45, 7) is 6.92. The van der Waals surface area contributed by atoms with E-state index in [1.165, 1.54) is 16.7 Å². The van der Waals surface area contributed by atoms with Crippen LogP contribution in [0.15, 0.2) is 61.2 Å². The van der Waals surface area contributed by atoms with Crippen LogP contribution in [0.4, 0.5) is 0 Å². The van der Waals surface area contributed by atoms with Crippen molar-refractivity contribution in [2.45, 2.75) is 6.92 Å². The minimum atomic E-state index is 0.637. The molecule has 0 unspecified atom stereocenters. The van der Waals surface area contributed by atoms with E-state index in [0.29, 0.717) is 6.61 Å². The van der Waals surface area contributed by atoms with E-state index in [-0.39, 0.29) is 0 Å². The summed E-state index contributed by atoms with van der Waals surface area (Å²) in [7, 11) is 1.69. The number of methoxy groups -OCH3 is 1. The molecule has 0 aliphatic rings. The number of aryl methyl sites for hydroxylation is 1. The summed E-state index contributed by atoms with van der Waals surface area (Å²) < 4.78 is 4.99. The summed E-state index contributed by atoms with van der Waals surface area (Å²) in [5, 5.41) is 0. The lowest BCUT2D eigenvalue weighted by molar-refractivity contribution is 0.234. The molecule has 0 atom stereocenters. The van der Waals surface area contributed by atoms with Crippen LogP contribution < -0.4 is 0 Å². The van der Waals surface area contributed by atoms with Crippen LogP contribution >= 0.6 is 0 Å². The third-order valence-corrected chi connectivity index (χ3v) is 3.23. The minimum absolute atomic E-state index is 0.637. The summed E-state index contributed by atoms with van der Waals surface area (Å²) >= 11 is 0. The summed E-state index contributed by atoms with van der Waals surface area (Å²) in [5.41, 5.74) is 5.80. The standard InChI is InChI=1S/C19H20O/c1-15-6-10-18(11-7-15)16(2)19-12-8-17(9-13-19)5-4-14-20-3/h4-13H,2,14H2,1,3H3/b5-4+. The second-order valence-electron chi connectivity index (χ2n) is 4.82. The van der Waals surface area contributed by atoms with Crippen LogP contribution in [-0.4, -0.2) is 13.7 Å².